The molecule has 1 aromatic carbocycles. The summed E-state index contributed by atoms with van der Waals surface area (Å²) in [4.78, 5) is 0. The van der Waals surface area contributed by atoms with Crippen molar-refractivity contribution in [2.24, 2.45) is 0 Å². The normalized spacial score (nSPS) is 11.6. The van der Waals surface area contributed by atoms with Gasteiger partial charge in [0.25, 0.3) is 0 Å². The molecular weight excluding hydrogens is 304 g/mol. The molecule has 0 saturated heterocycles. The summed E-state index contributed by atoms with van der Waals surface area (Å²) in [5, 5.41) is 4.09. The first-order chi connectivity index (χ1) is 9.31. The van der Waals surface area contributed by atoms with Crippen molar-refractivity contribution in [1.29, 1.82) is 0 Å². The van der Waals surface area contributed by atoms with Crippen LogP contribution in [0, 0.1) is 0 Å². The molecule has 0 aliphatic carbocycles. The molecule has 0 amide bonds. The second-order valence-electron chi connectivity index (χ2n) is 4.28. The number of halogens is 1. The Balaban J connectivity index is 2.63. The molecule has 1 aromatic heterocycles. The number of rotatable bonds is 4. The summed E-state index contributed by atoms with van der Waals surface area (Å²) in [6, 6.07) is 4.94. The molecule has 0 spiro atoms. The third-order valence-corrected chi connectivity index (χ3v) is 3.63. The van der Waals surface area contributed by atoms with E-state index >= 15 is 0 Å². The van der Waals surface area contributed by atoms with E-state index in [1.54, 1.807) is 18.2 Å². The molecule has 8 heteroatoms. The number of methoxy groups -OCH3 is 1. The molecule has 0 radical (unpaired) electrons. The Hall–Kier alpha value is -1.73. The molecule has 2 aromatic rings. The second kappa shape index (κ2) is 5.34. The van der Waals surface area contributed by atoms with Gasteiger partial charge in [-0.15, -0.1) is 0 Å². The lowest BCUT2D eigenvalue weighted by atomic mass is 10.1. The lowest BCUT2D eigenvalue weighted by Crippen LogP contribution is -2.02. The Kier molecular flexibility index (Phi) is 3.92. The van der Waals surface area contributed by atoms with Gasteiger partial charge in [-0.05, 0) is 18.2 Å². The molecule has 20 heavy (non-hydrogen) atoms. The first kappa shape index (κ1) is 14.7. The molecule has 0 fully saturated rings. The first-order valence-electron chi connectivity index (χ1n) is 5.57. The van der Waals surface area contributed by atoms with Crippen molar-refractivity contribution in [3.8, 4) is 16.9 Å². The van der Waals surface area contributed by atoms with E-state index in [9.17, 15) is 8.42 Å². The van der Waals surface area contributed by atoms with Crippen LogP contribution in [-0.2, 0) is 15.6 Å². The largest absolute Gasteiger partial charge is 0.496 e. The zero-order valence-corrected chi connectivity index (χ0v) is 12.5. The molecule has 0 unspecified atom stereocenters. The zero-order chi connectivity index (χ0) is 14.9. The van der Waals surface area contributed by atoms with E-state index in [1.165, 1.54) is 7.11 Å². The number of hydrogen-bond donors (Lipinski definition) is 1. The van der Waals surface area contributed by atoms with Crippen LogP contribution in [0.5, 0.6) is 5.75 Å². The summed E-state index contributed by atoms with van der Waals surface area (Å²) in [6.07, 6.45) is 1.10. The predicted molar refractivity (Wildman–Crippen MR) is 76.5 cm³/mol. The average molecular weight is 317 g/mol. The molecule has 0 saturated carbocycles. The highest BCUT2D eigenvalue weighted by Crippen LogP contribution is 2.38. The van der Waals surface area contributed by atoms with Crippen molar-refractivity contribution >= 4 is 27.3 Å². The molecule has 2 N–H and O–H groups in total. The third-order valence-electron chi connectivity index (χ3n) is 2.61. The summed E-state index contributed by atoms with van der Waals surface area (Å²) in [7, 11) is -1.79. The zero-order valence-electron chi connectivity index (χ0n) is 10.9. The Labute approximate surface area is 121 Å². The first-order valence-corrected chi connectivity index (χ1v) is 8.01. The average Bonchev–Trinajstić information content (AvgIpc) is 2.68. The maximum absolute atomic E-state index is 11.4. The minimum atomic E-state index is -3.29. The smallest absolute Gasteiger partial charge is 0.175 e. The molecular formula is C12H13ClN2O4S. The topological polar surface area (TPSA) is 95.4 Å². The fourth-order valence-electron chi connectivity index (χ4n) is 1.84. The van der Waals surface area contributed by atoms with Crippen LogP contribution in [0.25, 0.3) is 11.1 Å². The molecule has 0 bridgehead atoms. The van der Waals surface area contributed by atoms with Crippen molar-refractivity contribution in [2.45, 2.75) is 5.75 Å². The van der Waals surface area contributed by atoms with Gasteiger partial charge in [-0.1, -0.05) is 16.8 Å². The van der Waals surface area contributed by atoms with Crippen LogP contribution in [0.3, 0.4) is 0 Å². The van der Waals surface area contributed by atoms with Crippen LogP contribution in [0.1, 0.15) is 5.76 Å². The number of benzene rings is 1. The highest BCUT2D eigenvalue weighted by molar-refractivity contribution is 7.89. The number of hydrogen-bond acceptors (Lipinski definition) is 6. The highest BCUT2D eigenvalue weighted by atomic mass is 35.5. The lowest BCUT2D eigenvalue weighted by molar-refractivity contribution is 0.395. The van der Waals surface area contributed by atoms with E-state index in [0.717, 1.165) is 6.26 Å². The van der Waals surface area contributed by atoms with Gasteiger partial charge in [0.1, 0.15) is 11.5 Å². The van der Waals surface area contributed by atoms with E-state index in [-0.39, 0.29) is 17.3 Å². The van der Waals surface area contributed by atoms with Crippen LogP contribution >= 0.6 is 11.6 Å². The number of sulfone groups is 1. The predicted octanol–water partition coefficient (Wildman–Crippen LogP) is 2.13. The van der Waals surface area contributed by atoms with Crippen LogP contribution < -0.4 is 10.5 Å². The standard InChI is InChI=1S/C12H13ClN2O4S/c1-18-9-4-3-7(13)5-8(9)11-10(6-20(2,16)17)19-15-12(11)14/h3-5H,6H2,1-2H3,(H2,14,15). The van der Waals surface area contributed by atoms with Gasteiger partial charge >= 0.3 is 0 Å². The number of anilines is 1. The lowest BCUT2D eigenvalue weighted by Gasteiger charge is -2.09. The summed E-state index contributed by atoms with van der Waals surface area (Å²) in [6.45, 7) is 0. The van der Waals surface area contributed by atoms with Gasteiger partial charge in [0, 0.05) is 16.8 Å². The fourth-order valence-corrected chi connectivity index (χ4v) is 2.68. The van der Waals surface area contributed by atoms with E-state index < -0.39 is 9.84 Å². The minimum absolute atomic E-state index is 0.0872. The monoisotopic (exact) mass is 316 g/mol. The minimum Gasteiger partial charge on any atom is -0.496 e. The number of aromatic nitrogens is 1. The molecule has 6 nitrogen and oxygen atoms in total. The molecule has 0 atom stereocenters. The quantitative estimate of drug-likeness (QED) is 0.928. The Bertz CT molecular complexity index is 740. The molecule has 108 valence electrons. The SMILES string of the molecule is COc1ccc(Cl)cc1-c1c(N)noc1CS(C)(=O)=O. The van der Waals surface area contributed by atoms with Crippen LogP contribution in [0.4, 0.5) is 5.82 Å². The summed E-state index contributed by atoms with van der Waals surface area (Å²) < 4.78 is 33.1. The van der Waals surface area contributed by atoms with Gasteiger partial charge < -0.3 is 15.0 Å². The number of nitrogens with two attached hydrogens (primary N) is 1. The Morgan fingerprint density at radius 3 is 2.75 bits per heavy atom. The van der Waals surface area contributed by atoms with Crippen molar-refractivity contribution in [3.63, 3.8) is 0 Å². The summed E-state index contributed by atoms with van der Waals surface area (Å²) in [5.41, 5.74) is 6.69. The van der Waals surface area contributed by atoms with Gasteiger partial charge in [-0.25, -0.2) is 8.42 Å². The molecule has 0 aliphatic heterocycles. The molecule has 0 aliphatic rings. The Morgan fingerprint density at radius 2 is 2.15 bits per heavy atom. The van der Waals surface area contributed by atoms with Gasteiger partial charge in [0.15, 0.2) is 21.4 Å². The summed E-state index contributed by atoms with van der Waals surface area (Å²) >= 11 is 5.96. The van der Waals surface area contributed by atoms with E-state index in [2.05, 4.69) is 5.16 Å². The third kappa shape index (κ3) is 3.05. The van der Waals surface area contributed by atoms with E-state index in [4.69, 9.17) is 26.6 Å². The van der Waals surface area contributed by atoms with Crippen molar-refractivity contribution < 1.29 is 17.7 Å². The van der Waals surface area contributed by atoms with Crippen LogP contribution in [0.15, 0.2) is 22.7 Å². The number of ether oxygens (including phenoxy) is 1. The highest BCUT2D eigenvalue weighted by Gasteiger charge is 2.22. The number of nitrogen functional groups attached to an aromatic ring is 1. The van der Waals surface area contributed by atoms with Crippen molar-refractivity contribution in [3.05, 3.63) is 29.0 Å². The molecule has 1 heterocycles. The molecule has 2 rings (SSSR count). The van der Waals surface area contributed by atoms with Gasteiger partial charge in [0.05, 0.1) is 12.7 Å². The second-order valence-corrected chi connectivity index (χ2v) is 6.86. The van der Waals surface area contributed by atoms with Crippen LogP contribution in [0.2, 0.25) is 5.02 Å². The van der Waals surface area contributed by atoms with E-state index in [0.29, 0.717) is 21.9 Å². The van der Waals surface area contributed by atoms with Crippen molar-refractivity contribution in [2.75, 3.05) is 19.1 Å². The van der Waals surface area contributed by atoms with Gasteiger partial charge in [-0.3, -0.25) is 0 Å². The van der Waals surface area contributed by atoms with E-state index in [1.807, 2.05) is 0 Å². The van der Waals surface area contributed by atoms with Crippen LogP contribution in [-0.4, -0.2) is 26.9 Å². The fraction of sp³-hybridized carbons (Fsp3) is 0.250. The maximum Gasteiger partial charge on any atom is 0.175 e. The summed E-state index contributed by atoms with van der Waals surface area (Å²) in [5.74, 6) is 0.441. The maximum atomic E-state index is 11.4. The Morgan fingerprint density at radius 1 is 1.45 bits per heavy atom. The van der Waals surface area contributed by atoms with Gasteiger partial charge in [0.2, 0.25) is 0 Å². The van der Waals surface area contributed by atoms with Gasteiger partial charge in [-0.2, -0.15) is 0 Å². The number of nitrogens with zero attached hydrogens (tertiary/aromatic N) is 1. The van der Waals surface area contributed by atoms with Crippen molar-refractivity contribution in [1.82, 2.24) is 5.16 Å².